The van der Waals surface area contributed by atoms with E-state index in [4.69, 9.17) is 9.84 Å². The lowest BCUT2D eigenvalue weighted by Crippen LogP contribution is -2.55. The molecule has 3 heterocycles. The van der Waals surface area contributed by atoms with Gasteiger partial charge in [-0.1, -0.05) is 78.9 Å². The van der Waals surface area contributed by atoms with Gasteiger partial charge < -0.3 is 14.7 Å². The molecular formula is C30H27N3O3. The average molecular weight is 478 g/mol. The van der Waals surface area contributed by atoms with Gasteiger partial charge in [0.15, 0.2) is 11.5 Å². The van der Waals surface area contributed by atoms with Gasteiger partial charge in [-0.2, -0.15) is 5.10 Å². The van der Waals surface area contributed by atoms with Gasteiger partial charge >= 0.3 is 0 Å². The number of aryl methyl sites for hydroxylation is 2. The van der Waals surface area contributed by atoms with Crippen LogP contribution in [0.1, 0.15) is 33.7 Å². The number of epoxide rings is 1. The number of amides is 1. The molecule has 1 N–H and O–H groups in total. The Balaban J connectivity index is 1.40. The van der Waals surface area contributed by atoms with E-state index in [-0.39, 0.29) is 35.4 Å². The predicted octanol–water partition coefficient (Wildman–Crippen LogP) is 4.17. The van der Waals surface area contributed by atoms with Gasteiger partial charge in [-0.3, -0.25) is 9.80 Å². The molecule has 6 heteroatoms. The molecule has 2 saturated heterocycles. The van der Waals surface area contributed by atoms with Crippen LogP contribution in [-0.4, -0.2) is 51.9 Å². The molecule has 1 aliphatic carbocycles. The van der Waals surface area contributed by atoms with Gasteiger partial charge in [0, 0.05) is 19.0 Å². The van der Waals surface area contributed by atoms with Crippen molar-refractivity contribution in [3.8, 4) is 0 Å². The van der Waals surface area contributed by atoms with E-state index in [2.05, 4.69) is 48.5 Å². The molecule has 3 atom stereocenters. The molecular weight excluding hydrogens is 450 g/mol. The number of fused-ring (bicyclic) bond motifs is 4. The van der Waals surface area contributed by atoms with Crippen LogP contribution < -0.4 is 0 Å². The number of nitrogens with zero attached hydrogens (tertiary/aromatic N) is 3. The smallest absolute Gasteiger partial charge is 0.276 e. The van der Waals surface area contributed by atoms with E-state index in [1.807, 2.05) is 35.2 Å². The first-order valence-electron chi connectivity index (χ1n) is 12.6. The summed E-state index contributed by atoms with van der Waals surface area (Å²) in [5.41, 5.74) is 6.47. The topological polar surface area (TPSA) is 68.7 Å². The van der Waals surface area contributed by atoms with Gasteiger partial charge in [0.1, 0.15) is 12.2 Å². The summed E-state index contributed by atoms with van der Waals surface area (Å²) in [6.07, 6.45) is 2.89. The molecule has 0 saturated carbocycles. The van der Waals surface area contributed by atoms with Crippen molar-refractivity contribution >= 4 is 12.1 Å². The highest BCUT2D eigenvalue weighted by atomic mass is 16.6. The number of benzene rings is 3. The second-order valence-corrected chi connectivity index (χ2v) is 9.98. The van der Waals surface area contributed by atoms with Crippen LogP contribution in [0.5, 0.6) is 0 Å². The Morgan fingerprint density at radius 3 is 2.22 bits per heavy atom. The summed E-state index contributed by atoms with van der Waals surface area (Å²) in [6.45, 7) is 0.959. The summed E-state index contributed by atoms with van der Waals surface area (Å²) < 4.78 is 5.58. The van der Waals surface area contributed by atoms with Crippen LogP contribution in [0.2, 0.25) is 0 Å². The Morgan fingerprint density at radius 1 is 0.889 bits per heavy atom. The van der Waals surface area contributed by atoms with E-state index in [9.17, 15) is 9.90 Å². The van der Waals surface area contributed by atoms with Crippen LogP contribution in [0.3, 0.4) is 0 Å². The maximum atomic E-state index is 13.8. The SMILES string of the molecule is O=C1C2=C(O)C3OC3C=NN2C(C2c3ccccc3CCc3ccccc32)CN1Cc1ccccc1. The number of aliphatic hydroxyl groups excluding tert-OH is 1. The zero-order valence-electron chi connectivity index (χ0n) is 19.8. The first kappa shape index (κ1) is 21.4. The molecule has 3 aliphatic heterocycles. The summed E-state index contributed by atoms with van der Waals surface area (Å²) in [6, 6.07) is 27.1. The lowest BCUT2D eigenvalue weighted by Gasteiger charge is -2.44. The fraction of sp³-hybridized carbons (Fsp3) is 0.267. The van der Waals surface area contributed by atoms with E-state index in [0.717, 1.165) is 18.4 Å². The molecule has 3 aromatic rings. The summed E-state index contributed by atoms with van der Waals surface area (Å²) in [7, 11) is 0. The standard InChI is InChI=1S/C30H27N3O3/c34-28-27-30(35)32(17-19-8-2-1-3-9-19)18-24(33(27)31-16-25-29(28)36-25)26-22-12-6-4-10-20(22)14-15-21-11-5-7-13-23(21)26/h1-13,16,24-26,29,34H,14-15,17-18H2. The Morgan fingerprint density at radius 2 is 1.53 bits per heavy atom. The molecule has 7 rings (SSSR count). The Hall–Kier alpha value is -3.90. The van der Waals surface area contributed by atoms with Crippen molar-refractivity contribution in [3.63, 3.8) is 0 Å². The number of hydrogen-bond donors (Lipinski definition) is 1. The summed E-state index contributed by atoms with van der Waals surface area (Å²) in [4.78, 5) is 15.7. The van der Waals surface area contributed by atoms with Gasteiger partial charge in [0.2, 0.25) is 0 Å². The third-order valence-corrected chi connectivity index (χ3v) is 7.86. The minimum Gasteiger partial charge on any atom is -0.507 e. The van der Waals surface area contributed by atoms with E-state index in [1.54, 1.807) is 11.2 Å². The van der Waals surface area contributed by atoms with Gasteiger partial charge in [-0.05, 0) is 40.7 Å². The number of carbonyl (C=O) groups is 1. The van der Waals surface area contributed by atoms with E-state index in [1.165, 1.54) is 22.3 Å². The third-order valence-electron chi connectivity index (χ3n) is 7.86. The number of hydrazone groups is 1. The molecule has 36 heavy (non-hydrogen) atoms. The average Bonchev–Trinajstić information content (AvgIpc) is 3.72. The molecule has 1 amide bonds. The highest BCUT2D eigenvalue weighted by molar-refractivity contribution is 5.95. The minimum atomic E-state index is -0.497. The van der Waals surface area contributed by atoms with E-state index >= 15 is 0 Å². The Bertz CT molecular complexity index is 1350. The molecule has 0 bridgehead atoms. The number of aliphatic hydroxyl groups is 1. The fourth-order valence-corrected chi connectivity index (χ4v) is 6.07. The molecule has 3 aromatic carbocycles. The number of carbonyl (C=O) groups excluding carboxylic acids is 1. The van der Waals surface area contributed by atoms with Crippen molar-refractivity contribution in [2.24, 2.45) is 5.10 Å². The minimum absolute atomic E-state index is 0.0124. The molecule has 0 radical (unpaired) electrons. The molecule has 0 aromatic heterocycles. The second kappa shape index (κ2) is 8.35. The van der Waals surface area contributed by atoms with Crippen molar-refractivity contribution in [3.05, 3.63) is 118 Å². The normalized spacial score (nSPS) is 24.9. The van der Waals surface area contributed by atoms with Crippen molar-refractivity contribution in [2.45, 2.75) is 43.6 Å². The van der Waals surface area contributed by atoms with Crippen molar-refractivity contribution in [1.29, 1.82) is 0 Å². The molecule has 3 unspecified atom stereocenters. The van der Waals surface area contributed by atoms with E-state index in [0.29, 0.717) is 13.1 Å². The quantitative estimate of drug-likeness (QED) is 0.575. The Kier molecular flexibility index (Phi) is 4.96. The van der Waals surface area contributed by atoms with Gasteiger partial charge in [-0.25, -0.2) is 0 Å². The van der Waals surface area contributed by atoms with Crippen molar-refractivity contribution < 1.29 is 14.6 Å². The number of rotatable bonds is 3. The maximum Gasteiger partial charge on any atom is 0.276 e. The summed E-state index contributed by atoms with van der Waals surface area (Å²) >= 11 is 0. The van der Waals surface area contributed by atoms with Crippen LogP contribution in [0.15, 0.2) is 95.4 Å². The molecule has 4 aliphatic rings. The van der Waals surface area contributed by atoms with Gasteiger partial charge in [-0.15, -0.1) is 0 Å². The second-order valence-electron chi connectivity index (χ2n) is 9.98. The van der Waals surface area contributed by atoms with Crippen LogP contribution in [0.25, 0.3) is 0 Å². The summed E-state index contributed by atoms with van der Waals surface area (Å²) in [5, 5.41) is 17.7. The predicted molar refractivity (Wildman–Crippen MR) is 136 cm³/mol. The van der Waals surface area contributed by atoms with Gasteiger partial charge in [0.25, 0.3) is 5.91 Å². The number of piperazine rings is 1. The molecule has 2 fully saturated rings. The molecule has 180 valence electrons. The lowest BCUT2D eigenvalue weighted by molar-refractivity contribution is -0.134. The molecule has 6 nitrogen and oxygen atoms in total. The maximum absolute atomic E-state index is 13.8. The van der Waals surface area contributed by atoms with Crippen LogP contribution >= 0.6 is 0 Å². The van der Waals surface area contributed by atoms with Crippen LogP contribution in [0, 0.1) is 0 Å². The Labute approximate surface area is 210 Å². The zero-order valence-corrected chi connectivity index (χ0v) is 19.8. The van der Waals surface area contributed by atoms with Crippen molar-refractivity contribution in [2.75, 3.05) is 6.54 Å². The monoisotopic (exact) mass is 477 g/mol. The highest BCUT2D eigenvalue weighted by Gasteiger charge is 2.51. The highest BCUT2D eigenvalue weighted by Crippen LogP contribution is 2.43. The van der Waals surface area contributed by atoms with Gasteiger partial charge in [0.05, 0.1) is 12.3 Å². The first-order valence-corrected chi connectivity index (χ1v) is 12.6. The van der Waals surface area contributed by atoms with Crippen LogP contribution in [0.4, 0.5) is 0 Å². The largest absolute Gasteiger partial charge is 0.507 e. The van der Waals surface area contributed by atoms with E-state index < -0.39 is 6.10 Å². The zero-order chi connectivity index (χ0) is 24.2. The number of ether oxygens (including phenoxy) is 1. The summed E-state index contributed by atoms with van der Waals surface area (Å²) in [5.74, 6) is -0.238. The lowest BCUT2D eigenvalue weighted by atomic mass is 9.81. The number of hydrogen-bond acceptors (Lipinski definition) is 5. The molecule has 0 spiro atoms. The first-order chi connectivity index (χ1) is 17.7. The van der Waals surface area contributed by atoms with Crippen LogP contribution in [-0.2, 0) is 28.9 Å². The van der Waals surface area contributed by atoms with Crippen molar-refractivity contribution in [1.82, 2.24) is 9.91 Å². The third kappa shape index (κ3) is 3.44. The fourth-order valence-electron chi connectivity index (χ4n) is 6.07.